The smallest absolute Gasteiger partial charge is 0.189 e. The summed E-state index contributed by atoms with van der Waals surface area (Å²) in [5.41, 5.74) is 0.700. The highest BCUT2D eigenvalue weighted by molar-refractivity contribution is 5.94. The maximum absolute atomic E-state index is 13.4. The number of hydrogen-bond donors (Lipinski definition) is 0. The highest BCUT2D eigenvalue weighted by Gasteiger charge is 2.33. The van der Waals surface area contributed by atoms with E-state index in [9.17, 15) is 9.18 Å². The van der Waals surface area contributed by atoms with E-state index in [1.165, 1.54) is 6.08 Å². The first kappa shape index (κ1) is 10.1. The third-order valence-electron chi connectivity index (χ3n) is 2.96. The first-order chi connectivity index (χ1) is 7.12. The van der Waals surface area contributed by atoms with Crippen LogP contribution in [-0.2, 0) is 10.2 Å². The van der Waals surface area contributed by atoms with E-state index < -0.39 is 12.0 Å². The molecule has 0 saturated carbocycles. The Morgan fingerprint density at radius 2 is 2.00 bits per heavy atom. The highest BCUT2D eigenvalue weighted by Crippen LogP contribution is 2.34. The first-order valence-corrected chi connectivity index (χ1v) is 5.04. The molecule has 2 atom stereocenters. The van der Waals surface area contributed by atoms with Gasteiger partial charge in [-0.15, -0.1) is 0 Å². The fourth-order valence-electron chi connectivity index (χ4n) is 1.94. The van der Waals surface area contributed by atoms with Crippen molar-refractivity contribution < 1.29 is 9.18 Å². The third kappa shape index (κ3) is 1.84. The van der Waals surface area contributed by atoms with Gasteiger partial charge in [-0.1, -0.05) is 43.3 Å². The van der Waals surface area contributed by atoms with Crippen molar-refractivity contribution in [2.45, 2.75) is 24.9 Å². The van der Waals surface area contributed by atoms with Crippen molar-refractivity contribution in [3.8, 4) is 0 Å². The number of carbonyl (C=O) groups excluding carboxylic acids is 1. The van der Waals surface area contributed by atoms with E-state index in [-0.39, 0.29) is 11.8 Å². The molecule has 0 saturated heterocycles. The Kier molecular flexibility index (Phi) is 2.43. The molecule has 2 heteroatoms. The highest BCUT2D eigenvalue weighted by atomic mass is 19.1. The van der Waals surface area contributed by atoms with Gasteiger partial charge in [0.1, 0.15) is 0 Å². The standard InChI is InChI=1S/C13H13FO/c1-13(10-5-3-2-4-6-10)8-7-12(15)11(14)9-13/h2-8,11H,9H2,1H3. The maximum atomic E-state index is 13.4. The molecule has 1 aromatic rings. The van der Waals surface area contributed by atoms with Crippen molar-refractivity contribution in [2.24, 2.45) is 0 Å². The van der Waals surface area contributed by atoms with Crippen molar-refractivity contribution in [3.63, 3.8) is 0 Å². The van der Waals surface area contributed by atoms with Crippen LogP contribution in [0.1, 0.15) is 18.9 Å². The van der Waals surface area contributed by atoms with Crippen molar-refractivity contribution >= 4 is 5.78 Å². The largest absolute Gasteiger partial charge is 0.292 e. The van der Waals surface area contributed by atoms with Crippen LogP contribution < -0.4 is 0 Å². The summed E-state index contributed by atoms with van der Waals surface area (Å²) in [5.74, 6) is -0.414. The zero-order valence-corrected chi connectivity index (χ0v) is 8.61. The number of rotatable bonds is 1. The third-order valence-corrected chi connectivity index (χ3v) is 2.96. The normalized spacial score (nSPS) is 30.5. The molecule has 0 radical (unpaired) electrons. The molecule has 0 heterocycles. The first-order valence-electron chi connectivity index (χ1n) is 5.04. The Balaban J connectivity index is 2.37. The van der Waals surface area contributed by atoms with Gasteiger partial charge in [0.2, 0.25) is 0 Å². The van der Waals surface area contributed by atoms with E-state index in [0.717, 1.165) is 5.56 Å². The second kappa shape index (κ2) is 3.61. The molecule has 1 aliphatic carbocycles. The van der Waals surface area contributed by atoms with Crippen LogP contribution in [0.5, 0.6) is 0 Å². The predicted molar refractivity (Wildman–Crippen MR) is 57.5 cm³/mol. The minimum absolute atomic E-state index is 0.242. The fraction of sp³-hybridized carbons (Fsp3) is 0.308. The number of halogens is 1. The SMILES string of the molecule is CC1(c2ccccc2)C=CC(=O)C(F)C1. The Morgan fingerprint density at radius 3 is 2.60 bits per heavy atom. The summed E-state index contributed by atoms with van der Waals surface area (Å²) in [5, 5.41) is 0. The summed E-state index contributed by atoms with van der Waals surface area (Å²) in [6.07, 6.45) is 2.05. The van der Waals surface area contributed by atoms with Crippen LogP contribution in [0.15, 0.2) is 42.5 Å². The van der Waals surface area contributed by atoms with Gasteiger partial charge in [0.05, 0.1) is 0 Å². The number of benzene rings is 1. The molecule has 0 spiro atoms. The van der Waals surface area contributed by atoms with E-state index in [1.807, 2.05) is 37.3 Å². The van der Waals surface area contributed by atoms with Crippen LogP contribution in [0.4, 0.5) is 4.39 Å². The summed E-state index contributed by atoms with van der Waals surface area (Å²) in [6.45, 7) is 1.96. The van der Waals surface area contributed by atoms with Crippen LogP contribution in [0, 0.1) is 0 Å². The fourth-order valence-corrected chi connectivity index (χ4v) is 1.94. The zero-order valence-electron chi connectivity index (χ0n) is 8.61. The van der Waals surface area contributed by atoms with Gasteiger partial charge in [-0.25, -0.2) is 4.39 Å². The minimum atomic E-state index is -1.36. The van der Waals surface area contributed by atoms with E-state index in [1.54, 1.807) is 6.08 Å². The Hall–Kier alpha value is -1.44. The minimum Gasteiger partial charge on any atom is -0.292 e. The predicted octanol–water partition coefficient (Wildman–Crippen LogP) is 2.81. The molecule has 2 rings (SSSR count). The van der Waals surface area contributed by atoms with Gasteiger partial charge >= 0.3 is 0 Å². The second-order valence-corrected chi connectivity index (χ2v) is 4.19. The number of carbonyl (C=O) groups is 1. The second-order valence-electron chi connectivity index (χ2n) is 4.19. The average molecular weight is 204 g/mol. The lowest BCUT2D eigenvalue weighted by atomic mass is 9.74. The summed E-state index contributed by atoms with van der Waals surface area (Å²) >= 11 is 0. The van der Waals surface area contributed by atoms with Crippen LogP contribution >= 0.6 is 0 Å². The molecular formula is C13H13FO. The Labute approximate surface area is 88.6 Å². The maximum Gasteiger partial charge on any atom is 0.189 e. The Morgan fingerprint density at radius 1 is 1.33 bits per heavy atom. The van der Waals surface area contributed by atoms with Gasteiger partial charge in [-0.2, -0.15) is 0 Å². The van der Waals surface area contributed by atoms with Crippen molar-refractivity contribution in [2.75, 3.05) is 0 Å². The molecule has 0 amide bonds. The van der Waals surface area contributed by atoms with Crippen molar-refractivity contribution in [1.82, 2.24) is 0 Å². The lowest BCUT2D eigenvalue weighted by Gasteiger charge is -2.30. The summed E-state index contributed by atoms with van der Waals surface area (Å²) in [4.78, 5) is 11.1. The average Bonchev–Trinajstić information content (AvgIpc) is 2.26. The van der Waals surface area contributed by atoms with Crippen LogP contribution in [0.2, 0.25) is 0 Å². The van der Waals surface area contributed by atoms with Gasteiger partial charge < -0.3 is 0 Å². The topological polar surface area (TPSA) is 17.1 Å². The van der Waals surface area contributed by atoms with Gasteiger partial charge in [-0.3, -0.25) is 4.79 Å². The molecule has 1 aromatic carbocycles. The number of allylic oxidation sites excluding steroid dienone is 2. The van der Waals surface area contributed by atoms with Gasteiger partial charge in [0.15, 0.2) is 12.0 Å². The van der Waals surface area contributed by atoms with E-state index in [4.69, 9.17) is 0 Å². The molecule has 78 valence electrons. The summed E-state index contributed by atoms with van der Waals surface area (Å²) in [6, 6.07) is 9.72. The molecule has 0 bridgehead atoms. The van der Waals surface area contributed by atoms with Crippen LogP contribution in [0.3, 0.4) is 0 Å². The van der Waals surface area contributed by atoms with Gasteiger partial charge in [-0.05, 0) is 18.1 Å². The van der Waals surface area contributed by atoms with E-state index >= 15 is 0 Å². The van der Waals surface area contributed by atoms with Crippen molar-refractivity contribution in [1.29, 1.82) is 0 Å². The van der Waals surface area contributed by atoms with Gasteiger partial charge in [0.25, 0.3) is 0 Å². The number of ketones is 1. The van der Waals surface area contributed by atoms with Gasteiger partial charge in [0, 0.05) is 5.41 Å². The zero-order chi connectivity index (χ0) is 10.9. The lowest BCUT2D eigenvalue weighted by molar-refractivity contribution is -0.120. The molecule has 15 heavy (non-hydrogen) atoms. The molecular weight excluding hydrogens is 191 g/mol. The molecule has 0 aliphatic heterocycles. The summed E-state index contributed by atoms with van der Waals surface area (Å²) in [7, 11) is 0. The molecule has 0 aromatic heterocycles. The van der Waals surface area contributed by atoms with Crippen molar-refractivity contribution in [3.05, 3.63) is 48.0 Å². The molecule has 1 nitrogen and oxygen atoms in total. The summed E-state index contributed by atoms with van der Waals surface area (Å²) < 4.78 is 13.4. The lowest BCUT2D eigenvalue weighted by Crippen LogP contribution is -2.32. The van der Waals surface area contributed by atoms with E-state index in [2.05, 4.69) is 0 Å². The number of hydrogen-bond acceptors (Lipinski definition) is 1. The molecule has 2 unspecified atom stereocenters. The molecule has 1 aliphatic rings. The number of alkyl halides is 1. The van der Waals surface area contributed by atoms with Crippen LogP contribution in [0.25, 0.3) is 0 Å². The quantitative estimate of drug-likeness (QED) is 0.687. The van der Waals surface area contributed by atoms with Crippen LogP contribution in [-0.4, -0.2) is 12.0 Å². The van der Waals surface area contributed by atoms with E-state index in [0.29, 0.717) is 0 Å². The molecule has 0 N–H and O–H groups in total. The Bertz CT molecular complexity index is 396. The monoisotopic (exact) mass is 204 g/mol. The molecule has 0 fully saturated rings.